The number of ether oxygens (including phenoxy) is 1. The molecule has 0 unspecified atom stereocenters. The van der Waals surface area contributed by atoms with Crippen molar-refractivity contribution in [2.75, 3.05) is 46.4 Å². The Hall–Kier alpha value is -1.06. The van der Waals surface area contributed by atoms with E-state index in [2.05, 4.69) is 35.1 Å². The van der Waals surface area contributed by atoms with Gasteiger partial charge in [-0.05, 0) is 25.6 Å². The van der Waals surface area contributed by atoms with Gasteiger partial charge in [0.15, 0.2) is 0 Å². The second-order valence-corrected chi connectivity index (χ2v) is 4.62. The van der Waals surface area contributed by atoms with Gasteiger partial charge in [-0.25, -0.2) is 0 Å². The Kier molecular flexibility index (Phi) is 4.83. The standard InChI is InChI=1S/C14H22N2O/c1-15-8-10-16(11-9-15)12-13-17-14-6-4-2-3-5-7-14/h2-4,6-7H,5,8-13H2,1H3. The quantitative estimate of drug-likeness (QED) is 0.735. The van der Waals surface area contributed by atoms with Crippen LogP contribution >= 0.6 is 0 Å². The second-order valence-electron chi connectivity index (χ2n) is 4.62. The minimum atomic E-state index is 0.792. The van der Waals surface area contributed by atoms with Crippen LogP contribution in [0.25, 0.3) is 0 Å². The smallest absolute Gasteiger partial charge is 0.115 e. The van der Waals surface area contributed by atoms with Crippen LogP contribution in [0, 0.1) is 0 Å². The number of allylic oxidation sites excluding steroid dienone is 5. The molecule has 0 atom stereocenters. The maximum atomic E-state index is 5.77. The zero-order chi connectivity index (χ0) is 11.9. The summed E-state index contributed by atoms with van der Waals surface area (Å²) >= 11 is 0. The second kappa shape index (κ2) is 6.62. The Morgan fingerprint density at radius 1 is 1.18 bits per heavy atom. The van der Waals surface area contributed by atoms with Crippen LogP contribution in [0.5, 0.6) is 0 Å². The van der Waals surface area contributed by atoms with Crippen molar-refractivity contribution in [3.63, 3.8) is 0 Å². The van der Waals surface area contributed by atoms with Crippen LogP contribution in [0.15, 0.2) is 36.1 Å². The fourth-order valence-electron chi connectivity index (χ4n) is 2.03. The van der Waals surface area contributed by atoms with Crippen LogP contribution in [-0.2, 0) is 4.74 Å². The van der Waals surface area contributed by atoms with Gasteiger partial charge in [0, 0.05) is 32.7 Å². The molecule has 3 nitrogen and oxygen atoms in total. The molecule has 2 aliphatic rings. The summed E-state index contributed by atoms with van der Waals surface area (Å²) in [7, 11) is 2.18. The Balaban J connectivity index is 1.64. The number of rotatable bonds is 4. The monoisotopic (exact) mass is 234 g/mol. The van der Waals surface area contributed by atoms with Crippen LogP contribution in [0.2, 0.25) is 0 Å². The third-order valence-corrected chi connectivity index (χ3v) is 3.23. The molecule has 0 aromatic rings. The topological polar surface area (TPSA) is 15.7 Å². The summed E-state index contributed by atoms with van der Waals surface area (Å²) in [5, 5.41) is 0. The van der Waals surface area contributed by atoms with Crippen LogP contribution in [-0.4, -0.2) is 56.2 Å². The SMILES string of the molecule is CN1CCN(CCOC2=CCC=CC=C2)CC1. The van der Waals surface area contributed by atoms with E-state index in [0.717, 1.165) is 38.4 Å². The normalized spacial score (nSPS) is 22.3. The molecule has 0 radical (unpaired) electrons. The van der Waals surface area contributed by atoms with E-state index in [1.165, 1.54) is 13.1 Å². The zero-order valence-electron chi connectivity index (χ0n) is 10.6. The minimum Gasteiger partial charge on any atom is -0.493 e. The van der Waals surface area contributed by atoms with Gasteiger partial charge in [-0.2, -0.15) is 0 Å². The molecular weight excluding hydrogens is 212 g/mol. The van der Waals surface area contributed by atoms with Gasteiger partial charge in [0.05, 0.1) is 0 Å². The van der Waals surface area contributed by atoms with E-state index in [9.17, 15) is 0 Å². The van der Waals surface area contributed by atoms with Crippen molar-refractivity contribution in [1.82, 2.24) is 9.80 Å². The number of likely N-dealkylation sites (N-methyl/N-ethyl adjacent to an activating group) is 1. The summed E-state index contributed by atoms with van der Waals surface area (Å²) in [5.41, 5.74) is 0. The zero-order valence-corrected chi connectivity index (χ0v) is 10.6. The summed E-state index contributed by atoms with van der Waals surface area (Å²) in [4.78, 5) is 4.85. The van der Waals surface area contributed by atoms with Crippen LogP contribution in [0.3, 0.4) is 0 Å². The van der Waals surface area contributed by atoms with E-state index in [1.54, 1.807) is 0 Å². The van der Waals surface area contributed by atoms with Gasteiger partial charge in [-0.15, -0.1) is 0 Å². The third-order valence-electron chi connectivity index (χ3n) is 3.23. The fraction of sp³-hybridized carbons (Fsp3) is 0.571. The Morgan fingerprint density at radius 2 is 2.00 bits per heavy atom. The molecule has 0 saturated carbocycles. The molecule has 1 aliphatic carbocycles. The molecule has 2 rings (SSSR count). The number of hydrogen-bond donors (Lipinski definition) is 0. The number of piperazine rings is 1. The summed E-state index contributed by atoms with van der Waals surface area (Å²) in [6, 6.07) is 0. The molecule has 1 saturated heterocycles. The largest absolute Gasteiger partial charge is 0.493 e. The molecule has 0 aromatic carbocycles. The van der Waals surface area contributed by atoms with Crippen molar-refractivity contribution in [3.05, 3.63) is 36.1 Å². The van der Waals surface area contributed by atoms with Crippen LogP contribution in [0.1, 0.15) is 6.42 Å². The van der Waals surface area contributed by atoms with E-state index in [0.29, 0.717) is 0 Å². The molecule has 1 fully saturated rings. The lowest BCUT2D eigenvalue weighted by Crippen LogP contribution is -2.45. The lowest BCUT2D eigenvalue weighted by Gasteiger charge is -2.32. The molecule has 0 spiro atoms. The van der Waals surface area contributed by atoms with E-state index < -0.39 is 0 Å². The van der Waals surface area contributed by atoms with Crippen LogP contribution in [0.4, 0.5) is 0 Å². The van der Waals surface area contributed by atoms with E-state index in [1.807, 2.05) is 12.2 Å². The maximum Gasteiger partial charge on any atom is 0.115 e. The lowest BCUT2D eigenvalue weighted by atomic mass is 10.3. The average molecular weight is 234 g/mol. The molecule has 0 amide bonds. The molecule has 0 bridgehead atoms. The number of hydrogen-bond acceptors (Lipinski definition) is 3. The fourth-order valence-corrected chi connectivity index (χ4v) is 2.03. The van der Waals surface area contributed by atoms with Crippen LogP contribution < -0.4 is 0 Å². The molecule has 0 aromatic heterocycles. The van der Waals surface area contributed by atoms with Crippen molar-refractivity contribution >= 4 is 0 Å². The first-order chi connectivity index (χ1) is 8.34. The average Bonchev–Trinajstić information content (AvgIpc) is 2.60. The predicted octanol–water partition coefficient (Wildman–Crippen LogP) is 1.65. The summed E-state index contributed by atoms with van der Waals surface area (Å²) in [5.74, 6) is 1.00. The predicted molar refractivity (Wildman–Crippen MR) is 70.9 cm³/mol. The first-order valence-corrected chi connectivity index (χ1v) is 6.41. The molecular formula is C14H22N2O. The van der Waals surface area contributed by atoms with Gasteiger partial charge in [0.2, 0.25) is 0 Å². The Labute approximate surface area is 104 Å². The van der Waals surface area contributed by atoms with Gasteiger partial charge in [0.25, 0.3) is 0 Å². The molecule has 17 heavy (non-hydrogen) atoms. The maximum absolute atomic E-state index is 5.77. The van der Waals surface area contributed by atoms with Crippen molar-refractivity contribution in [2.24, 2.45) is 0 Å². The van der Waals surface area contributed by atoms with E-state index in [-0.39, 0.29) is 0 Å². The van der Waals surface area contributed by atoms with Gasteiger partial charge >= 0.3 is 0 Å². The van der Waals surface area contributed by atoms with E-state index >= 15 is 0 Å². The van der Waals surface area contributed by atoms with Gasteiger partial charge in [-0.1, -0.05) is 18.2 Å². The number of nitrogens with zero attached hydrogens (tertiary/aromatic N) is 2. The first kappa shape index (κ1) is 12.4. The van der Waals surface area contributed by atoms with Gasteiger partial charge in [-0.3, -0.25) is 4.90 Å². The highest BCUT2D eigenvalue weighted by atomic mass is 16.5. The van der Waals surface area contributed by atoms with Crippen molar-refractivity contribution in [1.29, 1.82) is 0 Å². The summed E-state index contributed by atoms with van der Waals surface area (Å²) < 4.78 is 5.77. The summed E-state index contributed by atoms with van der Waals surface area (Å²) in [6.07, 6.45) is 11.4. The molecule has 94 valence electrons. The Bertz CT molecular complexity index is 312. The highest BCUT2D eigenvalue weighted by molar-refractivity contribution is 5.21. The van der Waals surface area contributed by atoms with Gasteiger partial charge in [0.1, 0.15) is 12.4 Å². The van der Waals surface area contributed by atoms with Crippen molar-refractivity contribution in [3.8, 4) is 0 Å². The van der Waals surface area contributed by atoms with Crippen molar-refractivity contribution < 1.29 is 4.74 Å². The van der Waals surface area contributed by atoms with Crippen molar-refractivity contribution in [2.45, 2.75) is 6.42 Å². The van der Waals surface area contributed by atoms with Gasteiger partial charge < -0.3 is 9.64 Å². The highest BCUT2D eigenvalue weighted by Crippen LogP contribution is 2.07. The summed E-state index contributed by atoms with van der Waals surface area (Å²) in [6.45, 7) is 6.50. The Morgan fingerprint density at radius 3 is 2.82 bits per heavy atom. The molecule has 1 heterocycles. The highest BCUT2D eigenvalue weighted by Gasteiger charge is 2.13. The molecule has 3 heteroatoms. The minimum absolute atomic E-state index is 0.792. The van der Waals surface area contributed by atoms with E-state index in [4.69, 9.17) is 4.74 Å². The molecule has 1 aliphatic heterocycles. The molecule has 0 N–H and O–H groups in total. The lowest BCUT2D eigenvalue weighted by molar-refractivity contribution is 0.116. The third kappa shape index (κ3) is 4.36. The first-order valence-electron chi connectivity index (χ1n) is 6.41.